The van der Waals surface area contributed by atoms with Crippen molar-refractivity contribution in [3.63, 3.8) is 0 Å². The number of fused-ring (bicyclic) bond motifs is 1. The van der Waals surface area contributed by atoms with Crippen LogP contribution in [0.3, 0.4) is 0 Å². The summed E-state index contributed by atoms with van der Waals surface area (Å²) in [7, 11) is 1.66. The zero-order valence-electron chi connectivity index (χ0n) is 14.7. The van der Waals surface area contributed by atoms with Gasteiger partial charge in [0.2, 0.25) is 0 Å². The zero-order valence-corrected chi connectivity index (χ0v) is 15.5. The van der Waals surface area contributed by atoms with Crippen molar-refractivity contribution in [1.82, 2.24) is 5.32 Å². The number of anilines is 2. The summed E-state index contributed by atoms with van der Waals surface area (Å²) in [5, 5.41) is 3.87. The van der Waals surface area contributed by atoms with Crippen LogP contribution in [0.25, 0.3) is 0 Å². The van der Waals surface area contributed by atoms with Crippen LogP contribution < -0.4 is 19.9 Å². The molecule has 0 spiro atoms. The number of para-hydroxylation sites is 1. The molecule has 1 unspecified atom stereocenters. The minimum absolute atomic E-state index is 0.0140. The average molecular weight is 372 g/mol. The van der Waals surface area contributed by atoms with Gasteiger partial charge in [-0.1, -0.05) is 29.8 Å². The maximum atomic E-state index is 12.7. The van der Waals surface area contributed by atoms with E-state index in [0.717, 1.165) is 49.6 Å². The monoisotopic (exact) mass is 371 g/mol. The molecule has 0 aliphatic carbocycles. The molecule has 6 heteroatoms. The number of methoxy groups -OCH3 is 1. The third-order valence-corrected chi connectivity index (χ3v) is 5.36. The van der Waals surface area contributed by atoms with Crippen molar-refractivity contribution < 1.29 is 9.53 Å². The van der Waals surface area contributed by atoms with E-state index in [-0.39, 0.29) is 12.1 Å². The Kier molecular flexibility index (Phi) is 4.64. The summed E-state index contributed by atoms with van der Waals surface area (Å²) in [4.78, 5) is 16.8. The number of hydrogen-bond donors (Lipinski definition) is 1. The number of halogens is 1. The van der Waals surface area contributed by atoms with Crippen molar-refractivity contribution in [2.75, 3.05) is 36.5 Å². The molecule has 1 fully saturated rings. The summed E-state index contributed by atoms with van der Waals surface area (Å²) in [6.45, 7) is 2.35. The number of carbonyl (C=O) groups is 1. The van der Waals surface area contributed by atoms with E-state index >= 15 is 0 Å². The molecule has 0 saturated carbocycles. The van der Waals surface area contributed by atoms with Gasteiger partial charge in [-0.05, 0) is 42.7 Å². The molecule has 2 aromatic rings. The van der Waals surface area contributed by atoms with Crippen LogP contribution in [0.1, 0.15) is 12.0 Å². The van der Waals surface area contributed by atoms with E-state index in [0.29, 0.717) is 5.02 Å². The number of amides is 2. The van der Waals surface area contributed by atoms with E-state index in [9.17, 15) is 4.79 Å². The van der Waals surface area contributed by atoms with Crippen molar-refractivity contribution in [3.8, 4) is 5.75 Å². The van der Waals surface area contributed by atoms with Crippen LogP contribution in [0, 0.1) is 0 Å². The smallest absolute Gasteiger partial charge is 0.322 e. The van der Waals surface area contributed by atoms with Gasteiger partial charge >= 0.3 is 6.03 Å². The van der Waals surface area contributed by atoms with Gasteiger partial charge in [0.05, 0.1) is 12.8 Å². The van der Waals surface area contributed by atoms with E-state index in [2.05, 4.69) is 16.3 Å². The molecule has 136 valence electrons. The van der Waals surface area contributed by atoms with Crippen molar-refractivity contribution in [2.45, 2.75) is 18.9 Å². The summed E-state index contributed by atoms with van der Waals surface area (Å²) >= 11 is 6.15. The molecule has 2 heterocycles. The fourth-order valence-corrected chi connectivity index (χ4v) is 3.98. The molecule has 2 aliphatic rings. The van der Waals surface area contributed by atoms with Gasteiger partial charge in [0.15, 0.2) is 0 Å². The number of nitrogens with one attached hydrogen (secondary N) is 1. The van der Waals surface area contributed by atoms with Crippen molar-refractivity contribution in [3.05, 3.63) is 53.1 Å². The fraction of sp³-hybridized carbons (Fsp3) is 0.350. The quantitative estimate of drug-likeness (QED) is 0.894. The summed E-state index contributed by atoms with van der Waals surface area (Å²) in [6.07, 6.45) is 1.82. The largest absolute Gasteiger partial charge is 0.495 e. The number of hydrogen-bond acceptors (Lipinski definition) is 3. The Morgan fingerprint density at radius 2 is 2.04 bits per heavy atom. The van der Waals surface area contributed by atoms with Gasteiger partial charge in [-0.15, -0.1) is 0 Å². The van der Waals surface area contributed by atoms with Gasteiger partial charge in [-0.3, -0.25) is 4.90 Å². The Balaban J connectivity index is 1.42. The molecular formula is C20H22ClN3O2. The number of benzene rings is 2. The lowest BCUT2D eigenvalue weighted by Gasteiger charge is -2.23. The summed E-state index contributed by atoms with van der Waals surface area (Å²) in [6, 6.07) is 13.8. The Morgan fingerprint density at radius 1 is 1.19 bits per heavy atom. The highest BCUT2D eigenvalue weighted by Gasteiger charge is 2.30. The highest BCUT2D eigenvalue weighted by molar-refractivity contribution is 6.30. The van der Waals surface area contributed by atoms with E-state index < -0.39 is 0 Å². The van der Waals surface area contributed by atoms with Gasteiger partial charge in [-0.2, -0.15) is 0 Å². The standard InChI is InChI=1S/C20H22ClN3O2/c1-26-19-7-6-15(21)12-18(19)23-10-9-16(13-23)22-20(25)24-11-8-14-4-2-3-5-17(14)24/h2-7,12,16H,8-11,13H2,1H3,(H,22,25). The molecule has 0 radical (unpaired) electrons. The SMILES string of the molecule is COc1ccc(Cl)cc1N1CCC(NC(=O)N2CCc3ccccc32)C1. The lowest BCUT2D eigenvalue weighted by Crippen LogP contribution is -2.45. The van der Waals surface area contributed by atoms with Gasteiger partial charge in [0, 0.05) is 36.4 Å². The maximum Gasteiger partial charge on any atom is 0.322 e. The first kappa shape index (κ1) is 17.0. The summed E-state index contributed by atoms with van der Waals surface area (Å²) in [5.74, 6) is 0.801. The van der Waals surface area contributed by atoms with Crippen LogP contribution >= 0.6 is 11.6 Å². The Hall–Kier alpha value is -2.40. The summed E-state index contributed by atoms with van der Waals surface area (Å²) < 4.78 is 5.45. The third kappa shape index (κ3) is 3.19. The van der Waals surface area contributed by atoms with Crippen molar-refractivity contribution in [2.24, 2.45) is 0 Å². The number of nitrogens with zero attached hydrogens (tertiary/aromatic N) is 2. The lowest BCUT2D eigenvalue weighted by atomic mass is 10.2. The minimum atomic E-state index is -0.0140. The van der Waals surface area contributed by atoms with Gasteiger partial charge < -0.3 is 15.0 Å². The Morgan fingerprint density at radius 3 is 2.88 bits per heavy atom. The molecule has 0 aromatic heterocycles. The number of rotatable bonds is 3. The number of urea groups is 1. The van der Waals surface area contributed by atoms with Crippen LogP contribution in [0.2, 0.25) is 5.02 Å². The predicted molar refractivity (Wildman–Crippen MR) is 105 cm³/mol. The second-order valence-electron chi connectivity index (χ2n) is 6.73. The third-order valence-electron chi connectivity index (χ3n) is 5.13. The van der Waals surface area contributed by atoms with E-state index in [1.165, 1.54) is 5.56 Å². The topological polar surface area (TPSA) is 44.8 Å². The van der Waals surface area contributed by atoms with Crippen molar-refractivity contribution in [1.29, 1.82) is 0 Å². The number of carbonyl (C=O) groups excluding carboxylic acids is 1. The van der Waals surface area contributed by atoms with Crippen LogP contribution in [0.5, 0.6) is 5.75 Å². The molecule has 1 atom stereocenters. The van der Waals surface area contributed by atoms with Crippen LogP contribution in [0.15, 0.2) is 42.5 Å². The first-order valence-electron chi connectivity index (χ1n) is 8.90. The van der Waals surface area contributed by atoms with Crippen LogP contribution in [-0.2, 0) is 6.42 Å². The lowest BCUT2D eigenvalue weighted by molar-refractivity contribution is 0.244. The molecule has 2 amide bonds. The second kappa shape index (κ2) is 7.08. The minimum Gasteiger partial charge on any atom is -0.495 e. The van der Waals surface area contributed by atoms with Crippen molar-refractivity contribution >= 4 is 29.0 Å². The molecule has 1 N–H and O–H groups in total. The van der Waals surface area contributed by atoms with E-state index in [1.54, 1.807) is 7.11 Å². The first-order valence-corrected chi connectivity index (χ1v) is 9.28. The molecule has 4 rings (SSSR count). The van der Waals surface area contributed by atoms with Gasteiger partial charge in [0.25, 0.3) is 0 Å². The Bertz CT molecular complexity index is 826. The molecule has 2 aliphatic heterocycles. The average Bonchev–Trinajstić information content (AvgIpc) is 3.28. The molecule has 26 heavy (non-hydrogen) atoms. The van der Waals surface area contributed by atoms with Crippen LogP contribution in [-0.4, -0.2) is 38.8 Å². The zero-order chi connectivity index (χ0) is 18.1. The fourth-order valence-electron chi connectivity index (χ4n) is 3.81. The highest BCUT2D eigenvalue weighted by atomic mass is 35.5. The highest BCUT2D eigenvalue weighted by Crippen LogP contribution is 2.33. The second-order valence-corrected chi connectivity index (χ2v) is 7.16. The summed E-state index contributed by atoms with van der Waals surface area (Å²) in [5.41, 5.74) is 3.24. The molecule has 2 aromatic carbocycles. The maximum absolute atomic E-state index is 12.7. The van der Waals surface area contributed by atoms with E-state index in [4.69, 9.17) is 16.3 Å². The van der Waals surface area contributed by atoms with Crippen LogP contribution in [0.4, 0.5) is 16.2 Å². The molecular weight excluding hydrogens is 350 g/mol. The first-order chi connectivity index (χ1) is 12.7. The molecule has 5 nitrogen and oxygen atoms in total. The molecule has 1 saturated heterocycles. The molecule has 0 bridgehead atoms. The Labute approximate surface area is 158 Å². The van der Waals surface area contributed by atoms with Gasteiger partial charge in [0.1, 0.15) is 5.75 Å². The van der Waals surface area contributed by atoms with Gasteiger partial charge in [-0.25, -0.2) is 4.79 Å². The predicted octanol–water partition coefficient (Wildman–Crippen LogP) is 3.70. The number of ether oxygens (including phenoxy) is 1. The van der Waals surface area contributed by atoms with E-state index in [1.807, 2.05) is 41.3 Å². The normalized spacial score (nSPS) is 18.8.